The molecule has 0 aromatic rings. The third kappa shape index (κ3) is 3.52. The van der Waals surface area contributed by atoms with E-state index < -0.39 is 0 Å². The average Bonchev–Trinajstić information content (AvgIpc) is 2.70. The molecule has 1 saturated carbocycles. The Labute approximate surface area is 87.0 Å². The normalized spacial score (nSPS) is 18.5. The molecule has 0 unspecified atom stereocenters. The summed E-state index contributed by atoms with van der Waals surface area (Å²) in [5.74, 6) is 0.694. The average molecular weight is 195 g/mol. The van der Waals surface area contributed by atoms with Crippen molar-refractivity contribution in [1.82, 2.24) is 0 Å². The maximum Gasteiger partial charge on any atom is 0.135 e. The molecule has 14 heavy (non-hydrogen) atoms. The fourth-order valence-corrected chi connectivity index (χ4v) is 2.01. The Morgan fingerprint density at radius 3 is 2.79 bits per heavy atom. The van der Waals surface area contributed by atoms with Crippen LogP contribution in [-0.4, -0.2) is 12.3 Å². The Morgan fingerprint density at radius 2 is 2.21 bits per heavy atom. The van der Waals surface area contributed by atoms with E-state index in [1.165, 1.54) is 31.4 Å². The van der Waals surface area contributed by atoms with E-state index in [-0.39, 0.29) is 0 Å². The molecule has 1 aliphatic carbocycles. The van der Waals surface area contributed by atoms with Crippen LogP contribution in [0.5, 0.6) is 0 Å². The number of rotatable bonds is 6. The number of hydrogen-bond acceptors (Lipinski definition) is 2. The highest BCUT2D eigenvalue weighted by Crippen LogP contribution is 2.27. The van der Waals surface area contributed by atoms with Gasteiger partial charge in [-0.3, -0.25) is 0 Å². The second kappa shape index (κ2) is 6.63. The van der Waals surface area contributed by atoms with Gasteiger partial charge in [0.25, 0.3) is 0 Å². The van der Waals surface area contributed by atoms with E-state index in [4.69, 9.17) is 4.84 Å². The van der Waals surface area contributed by atoms with Gasteiger partial charge in [0.1, 0.15) is 6.61 Å². The molecule has 1 fully saturated rings. The topological polar surface area (TPSA) is 21.6 Å². The molecular weight excluding hydrogens is 174 g/mol. The van der Waals surface area contributed by atoms with Gasteiger partial charge in [-0.1, -0.05) is 44.0 Å². The molecule has 0 radical (unpaired) electrons. The summed E-state index contributed by atoms with van der Waals surface area (Å²) in [5.41, 5.74) is 1.27. The lowest BCUT2D eigenvalue weighted by atomic mass is 9.98. The lowest BCUT2D eigenvalue weighted by Gasteiger charge is -2.11. The molecular formula is C12H21NO. The molecule has 0 spiro atoms. The molecule has 0 aliphatic heterocycles. The van der Waals surface area contributed by atoms with Crippen molar-refractivity contribution in [3.8, 4) is 0 Å². The lowest BCUT2D eigenvalue weighted by molar-refractivity contribution is 0.172. The quantitative estimate of drug-likeness (QED) is 0.275. The van der Waals surface area contributed by atoms with Gasteiger partial charge < -0.3 is 4.84 Å². The van der Waals surface area contributed by atoms with E-state index in [9.17, 15) is 0 Å². The third-order valence-electron chi connectivity index (χ3n) is 2.71. The SMILES string of the molecule is C=CCON=C(CCC)C1CCCC1. The predicted molar refractivity (Wildman–Crippen MR) is 60.5 cm³/mol. The molecule has 0 atom stereocenters. The molecule has 0 amide bonds. The Morgan fingerprint density at radius 1 is 1.50 bits per heavy atom. The molecule has 0 N–H and O–H groups in total. The fourth-order valence-electron chi connectivity index (χ4n) is 2.01. The van der Waals surface area contributed by atoms with Gasteiger partial charge in [-0.05, 0) is 19.3 Å². The van der Waals surface area contributed by atoms with E-state index in [0.717, 1.165) is 12.8 Å². The summed E-state index contributed by atoms with van der Waals surface area (Å²) in [6.07, 6.45) is 9.30. The Balaban J connectivity index is 2.43. The second-order valence-corrected chi connectivity index (χ2v) is 3.90. The van der Waals surface area contributed by atoms with Crippen LogP contribution in [0.1, 0.15) is 45.4 Å². The van der Waals surface area contributed by atoms with Crippen LogP contribution in [0.15, 0.2) is 17.8 Å². The summed E-state index contributed by atoms with van der Waals surface area (Å²) in [6.45, 7) is 6.33. The van der Waals surface area contributed by atoms with Gasteiger partial charge in [-0.15, -0.1) is 0 Å². The van der Waals surface area contributed by atoms with Crippen LogP contribution in [0, 0.1) is 5.92 Å². The maximum absolute atomic E-state index is 5.18. The minimum absolute atomic E-state index is 0.528. The Bertz CT molecular complexity index is 192. The van der Waals surface area contributed by atoms with E-state index in [1.54, 1.807) is 6.08 Å². The van der Waals surface area contributed by atoms with E-state index in [1.807, 2.05) is 0 Å². The smallest absolute Gasteiger partial charge is 0.135 e. The van der Waals surface area contributed by atoms with Gasteiger partial charge in [-0.2, -0.15) is 0 Å². The molecule has 2 nitrogen and oxygen atoms in total. The van der Waals surface area contributed by atoms with Crippen molar-refractivity contribution in [3.05, 3.63) is 12.7 Å². The summed E-state index contributed by atoms with van der Waals surface area (Å²) >= 11 is 0. The van der Waals surface area contributed by atoms with Crippen LogP contribution in [0.25, 0.3) is 0 Å². The summed E-state index contributed by atoms with van der Waals surface area (Å²) in [5, 5.41) is 4.23. The first-order valence-electron chi connectivity index (χ1n) is 5.68. The minimum Gasteiger partial charge on any atom is -0.392 e. The van der Waals surface area contributed by atoms with Crippen LogP contribution in [0.4, 0.5) is 0 Å². The minimum atomic E-state index is 0.528. The van der Waals surface area contributed by atoms with Crippen LogP contribution in [-0.2, 0) is 4.84 Å². The van der Waals surface area contributed by atoms with Gasteiger partial charge in [0.15, 0.2) is 0 Å². The van der Waals surface area contributed by atoms with Gasteiger partial charge in [-0.25, -0.2) is 0 Å². The number of nitrogens with zero attached hydrogens (tertiary/aromatic N) is 1. The zero-order chi connectivity index (χ0) is 10.2. The van der Waals surface area contributed by atoms with Crippen molar-refractivity contribution >= 4 is 5.71 Å². The second-order valence-electron chi connectivity index (χ2n) is 3.90. The molecule has 0 saturated heterocycles. The zero-order valence-corrected chi connectivity index (χ0v) is 9.17. The van der Waals surface area contributed by atoms with Crippen LogP contribution >= 0.6 is 0 Å². The van der Waals surface area contributed by atoms with Gasteiger partial charge in [0, 0.05) is 5.92 Å². The highest BCUT2D eigenvalue weighted by molar-refractivity contribution is 5.86. The van der Waals surface area contributed by atoms with Gasteiger partial charge >= 0.3 is 0 Å². The number of oxime groups is 1. The Hall–Kier alpha value is -0.790. The first-order chi connectivity index (χ1) is 6.88. The van der Waals surface area contributed by atoms with Crippen molar-refractivity contribution in [2.24, 2.45) is 11.1 Å². The molecule has 1 rings (SSSR count). The molecule has 1 aliphatic rings. The zero-order valence-electron chi connectivity index (χ0n) is 9.17. The maximum atomic E-state index is 5.18. The molecule has 0 aromatic heterocycles. The van der Waals surface area contributed by atoms with Crippen molar-refractivity contribution in [3.63, 3.8) is 0 Å². The monoisotopic (exact) mass is 195 g/mol. The molecule has 80 valence electrons. The Kier molecular flexibility index (Phi) is 5.35. The summed E-state index contributed by atoms with van der Waals surface area (Å²) in [4.78, 5) is 5.18. The van der Waals surface area contributed by atoms with Crippen molar-refractivity contribution in [1.29, 1.82) is 0 Å². The molecule has 2 heteroatoms. The van der Waals surface area contributed by atoms with Crippen LogP contribution < -0.4 is 0 Å². The van der Waals surface area contributed by atoms with Crippen molar-refractivity contribution in [2.45, 2.75) is 45.4 Å². The first kappa shape index (κ1) is 11.3. The highest BCUT2D eigenvalue weighted by atomic mass is 16.6. The van der Waals surface area contributed by atoms with Gasteiger partial charge in [0.2, 0.25) is 0 Å². The standard InChI is InChI=1S/C12H21NO/c1-3-7-12(13-14-10-4-2)11-8-5-6-9-11/h4,11H,2-3,5-10H2,1H3. The first-order valence-corrected chi connectivity index (χ1v) is 5.68. The molecule has 0 aromatic carbocycles. The van der Waals surface area contributed by atoms with Gasteiger partial charge in [0.05, 0.1) is 5.71 Å². The summed E-state index contributed by atoms with van der Waals surface area (Å²) in [6, 6.07) is 0. The molecule has 0 bridgehead atoms. The number of hydrogen-bond donors (Lipinski definition) is 0. The summed E-state index contributed by atoms with van der Waals surface area (Å²) < 4.78 is 0. The lowest BCUT2D eigenvalue weighted by Crippen LogP contribution is -2.11. The predicted octanol–water partition coefficient (Wildman–Crippen LogP) is 3.54. The molecule has 0 heterocycles. The van der Waals surface area contributed by atoms with E-state index in [0.29, 0.717) is 12.5 Å². The van der Waals surface area contributed by atoms with E-state index in [2.05, 4.69) is 18.7 Å². The highest BCUT2D eigenvalue weighted by Gasteiger charge is 2.20. The third-order valence-corrected chi connectivity index (χ3v) is 2.71. The van der Waals surface area contributed by atoms with E-state index >= 15 is 0 Å². The van der Waals surface area contributed by atoms with Crippen LogP contribution in [0.3, 0.4) is 0 Å². The van der Waals surface area contributed by atoms with Crippen molar-refractivity contribution in [2.75, 3.05) is 6.61 Å². The fraction of sp³-hybridized carbons (Fsp3) is 0.750. The van der Waals surface area contributed by atoms with Crippen molar-refractivity contribution < 1.29 is 4.84 Å². The summed E-state index contributed by atoms with van der Waals surface area (Å²) in [7, 11) is 0. The van der Waals surface area contributed by atoms with Crippen LogP contribution in [0.2, 0.25) is 0 Å². The largest absolute Gasteiger partial charge is 0.392 e.